The maximum atomic E-state index is 14.3. The van der Waals surface area contributed by atoms with Gasteiger partial charge in [-0.25, -0.2) is 14.4 Å². The SMILES string of the molecule is CC(N)c1cn2c(NCc3c(F)ccc4c3CCO4)ncc(Br)c2n1. The van der Waals surface area contributed by atoms with Crippen molar-refractivity contribution in [3.8, 4) is 5.75 Å². The summed E-state index contributed by atoms with van der Waals surface area (Å²) in [5, 5.41) is 3.21. The van der Waals surface area contributed by atoms with Crippen LogP contribution in [0.15, 0.2) is 29.0 Å². The van der Waals surface area contributed by atoms with Crippen molar-refractivity contribution < 1.29 is 9.13 Å². The standard InChI is InChI=1S/C17H17BrFN5O/c1-9(20)14-8-24-16(23-14)12(18)7-22-17(24)21-6-11-10-4-5-25-15(10)3-2-13(11)19/h2-3,7-9H,4-6,20H2,1H3,(H,21,22). The Morgan fingerprint density at radius 1 is 1.48 bits per heavy atom. The number of rotatable bonds is 4. The molecular weight excluding hydrogens is 389 g/mol. The van der Waals surface area contributed by atoms with Gasteiger partial charge in [-0.15, -0.1) is 0 Å². The summed E-state index contributed by atoms with van der Waals surface area (Å²) in [7, 11) is 0. The van der Waals surface area contributed by atoms with Gasteiger partial charge in [-0.05, 0) is 35.0 Å². The Balaban J connectivity index is 1.68. The van der Waals surface area contributed by atoms with E-state index in [1.54, 1.807) is 12.3 Å². The number of nitrogens with two attached hydrogens (primary N) is 1. The lowest BCUT2D eigenvalue weighted by Gasteiger charge is -2.12. The molecule has 0 aliphatic carbocycles. The normalized spacial score (nSPS) is 14.4. The van der Waals surface area contributed by atoms with Crippen LogP contribution in [0.4, 0.5) is 10.3 Å². The largest absolute Gasteiger partial charge is 0.493 e. The number of hydrogen-bond acceptors (Lipinski definition) is 5. The fourth-order valence-electron chi connectivity index (χ4n) is 2.99. The third-order valence-corrected chi connectivity index (χ3v) is 4.86. The topological polar surface area (TPSA) is 77.5 Å². The van der Waals surface area contributed by atoms with Crippen LogP contribution in [0, 0.1) is 5.82 Å². The van der Waals surface area contributed by atoms with E-state index in [1.165, 1.54) is 6.07 Å². The average molecular weight is 406 g/mol. The molecule has 2 aromatic heterocycles. The van der Waals surface area contributed by atoms with Gasteiger partial charge in [-0.3, -0.25) is 4.40 Å². The quantitative estimate of drug-likeness (QED) is 0.696. The van der Waals surface area contributed by atoms with Crippen LogP contribution in [-0.2, 0) is 13.0 Å². The molecule has 0 fully saturated rings. The minimum atomic E-state index is -0.244. The van der Waals surface area contributed by atoms with Crippen LogP contribution in [0.25, 0.3) is 5.65 Å². The smallest absolute Gasteiger partial charge is 0.208 e. The van der Waals surface area contributed by atoms with Crippen LogP contribution >= 0.6 is 15.9 Å². The van der Waals surface area contributed by atoms with Gasteiger partial charge in [-0.1, -0.05) is 0 Å². The van der Waals surface area contributed by atoms with Crippen molar-refractivity contribution >= 4 is 27.5 Å². The maximum Gasteiger partial charge on any atom is 0.208 e. The molecular formula is C17H17BrFN5O. The molecule has 3 heterocycles. The van der Waals surface area contributed by atoms with E-state index in [2.05, 4.69) is 31.2 Å². The lowest BCUT2D eigenvalue weighted by atomic mass is 10.0. The first kappa shape index (κ1) is 16.3. The van der Waals surface area contributed by atoms with Gasteiger partial charge in [0.25, 0.3) is 0 Å². The second kappa shape index (κ2) is 6.27. The summed E-state index contributed by atoms with van der Waals surface area (Å²) >= 11 is 3.45. The molecule has 0 spiro atoms. The van der Waals surface area contributed by atoms with Gasteiger partial charge in [0.15, 0.2) is 5.65 Å². The van der Waals surface area contributed by atoms with Crippen molar-refractivity contribution in [1.29, 1.82) is 0 Å². The van der Waals surface area contributed by atoms with Gasteiger partial charge in [0.05, 0.1) is 16.8 Å². The number of ether oxygens (including phenoxy) is 1. The van der Waals surface area contributed by atoms with Gasteiger partial charge in [0.1, 0.15) is 11.6 Å². The van der Waals surface area contributed by atoms with Crippen LogP contribution in [-0.4, -0.2) is 21.0 Å². The predicted octanol–water partition coefficient (Wildman–Crippen LogP) is 3.20. The fourth-order valence-corrected chi connectivity index (χ4v) is 3.37. The van der Waals surface area contributed by atoms with E-state index in [1.807, 2.05) is 17.5 Å². The highest BCUT2D eigenvalue weighted by Gasteiger charge is 2.20. The summed E-state index contributed by atoms with van der Waals surface area (Å²) in [5.41, 5.74) is 8.94. The number of anilines is 1. The van der Waals surface area contributed by atoms with Crippen LogP contribution < -0.4 is 15.8 Å². The molecule has 3 N–H and O–H groups in total. The zero-order valence-electron chi connectivity index (χ0n) is 13.6. The number of halogens is 2. The molecule has 8 heteroatoms. The van der Waals surface area contributed by atoms with Gasteiger partial charge in [0.2, 0.25) is 5.95 Å². The highest BCUT2D eigenvalue weighted by molar-refractivity contribution is 9.10. The summed E-state index contributed by atoms with van der Waals surface area (Å²) in [6.45, 7) is 2.78. The van der Waals surface area contributed by atoms with Crippen molar-refractivity contribution in [3.63, 3.8) is 0 Å². The number of benzene rings is 1. The molecule has 0 amide bonds. The van der Waals surface area contributed by atoms with Crippen molar-refractivity contribution in [2.24, 2.45) is 5.73 Å². The first-order valence-corrected chi connectivity index (χ1v) is 8.80. The zero-order valence-corrected chi connectivity index (χ0v) is 15.2. The van der Waals surface area contributed by atoms with E-state index < -0.39 is 0 Å². The highest BCUT2D eigenvalue weighted by atomic mass is 79.9. The summed E-state index contributed by atoms with van der Waals surface area (Å²) in [5.74, 6) is 1.09. The monoisotopic (exact) mass is 405 g/mol. The van der Waals surface area contributed by atoms with Crippen LogP contribution in [0.3, 0.4) is 0 Å². The third-order valence-electron chi connectivity index (χ3n) is 4.30. The lowest BCUT2D eigenvalue weighted by molar-refractivity contribution is 0.356. The first-order chi connectivity index (χ1) is 12.0. The number of aromatic nitrogens is 3. The Bertz CT molecular complexity index is 956. The van der Waals surface area contributed by atoms with Crippen LogP contribution in [0.5, 0.6) is 5.75 Å². The van der Waals surface area contributed by atoms with Gasteiger partial charge in [0, 0.05) is 42.5 Å². The van der Waals surface area contributed by atoms with E-state index in [4.69, 9.17) is 10.5 Å². The Kier molecular flexibility index (Phi) is 4.09. The molecule has 3 aromatic rings. The van der Waals surface area contributed by atoms with E-state index in [0.717, 1.165) is 21.5 Å². The molecule has 0 bridgehead atoms. The molecule has 1 unspecified atom stereocenters. The Hall–Kier alpha value is -2.19. The zero-order chi connectivity index (χ0) is 17.6. The second-order valence-electron chi connectivity index (χ2n) is 6.03. The molecule has 4 rings (SSSR count). The Morgan fingerprint density at radius 2 is 2.32 bits per heavy atom. The third kappa shape index (κ3) is 2.85. The van der Waals surface area contributed by atoms with Gasteiger partial charge < -0.3 is 15.8 Å². The molecule has 1 aromatic carbocycles. The summed E-state index contributed by atoms with van der Waals surface area (Å²) < 4.78 is 22.4. The molecule has 25 heavy (non-hydrogen) atoms. The number of fused-ring (bicyclic) bond motifs is 2. The number of imidazole rings is 1. The van der Waals surface area contributed by atoms with E-state index in [9.17, 15) is 4.39 Å². The molecule has 1 atom stereocenters. The fraction of sp³-hybridized carbons (Fsp3) is 0.294. The maximum absolute atomic E-state index is 14.3. The van der Waals surface area contributed by atoms with Crippen molar-refractivity contribution in [2.75, 3.05) is 11.9 Å². The predicted molar refractivity (Wildman–Crippen MR) is 96.2 cm³/mol. The minimum absolute atomic E-state index is 0.188. The molecule has 130 valence electrons. The lowest BCUT2D eigenvalue weighted by Crippen LogP contribution is -2.09. The first-order valence-electron chi connectivity index (χ1n) is 8.00. The van der Waals surface area contributed by atoms with Gasteiger partial charge in [-0.2, -0.15) is 0 Å². The van der Waals surface area contributed by atoms with E-state index >= 15 is 0 Å². The average Bonchev–Trinajstić information content (AvgIpc) is 3.22. The van der Waals surface area contributed by atoms with E-state index in [-0.39, 0.29) is 11.9 Å². The van der Waals surface area contributed by atoms with Crippen molar-refractivity contribution in [2.45, 2.75) is 25.9 Å². The molecule has 1 aliphatic heterocycles. The molecule has 1 aliphatic rings. The van der Waals surface area contributed by atoms with Crippen LogP contribution in [0.1, 0.15) is 29.8 Å². The Labute approximate surface area is 152 Å². The van der Waals surface area contributed by atoms with Gasteiger partial charge >= 0.3 is 0 Å². The molecule has 0 radical (unpaired) electrons. The van der Waals surface area contributed by atoms with Crippen LogP contribution in [0.2, 0.25) is 0 Å². The van der Waals surface area contributed by atoms with Crippen molar-refractivity contribution in [3.05, 3.63) is 51.6 Å². The summed E-state index contributed by atoms with van der Waals surface area (Å²) in [4.78, 5) is 8.91. The molecule has 0 saturated heterocycles. The summed E-state index contributed by atoms with van der Waals surface area (Å²) in [6, 6.07) is 2.94. The molecule has 6 nitrogen and oxygen atoms in total. The second-order valence-corrected chi connectivity index (χ2v) is 6.89. The van der Waals surface area contributed by atoms with Crippen molar-refractivity contribution in [1.82, 2.24) is 14.4 Å². The van der Waals surface area contributed by atoms with E-state index in [0.29, 0.717) is 36.7 Å². The number of nitrogens with zero attached hydrogens (tertiary/aromatic N) is 3. The highest BCUT2D eigenvalue weighted by Crippen LogP contribution is 2.31. The summed E-state index contributed by atoms with van der Waals surface area (Å²) in [6.07, 6.45) is 4.23. The number of nitrogens with one attached hydrogen (secondary N) is 1. The Morgan fingerprint density at radius 3 is 3.12 bits per heavy atom. The molecule has 0 saturated carbocycles. The number of hydrogen-bond donors (Lipinski definition) is 2. The minimum Gasteiger partial charge on any atom is -0.493 e.